The summed E-state index contributed by atoms with van der Waals surface area (Å²) in [5, 5.41) is 17.1. The summed E-state index contributed by atoms with van der Waals surface area (Å²) in [7, 11) is 0. The largest absolute Gasteiger partial charge is 0.508 e. The zero-order valence-electron chi connectivity index (χ0n) is 16.3. The van der Waals surface area contributed by atoms with Crippen molar-refractivity contribution in [1.29, 1.82) is 0 Å². The van der Waals surface area contributed by atoms with Crippen LogP contribution >= 0.6 is 0 Å². The summed E-state index contributed by atoms with van der Waals surface area (Å²) in [6, 6.07) is 7.98. The van der Waals surface area contributed by atoms with Crippen LogP contribution in [0.3, 0.4) is 0 Å². The molecule has 0 bridgehead atoms. The third-order valence-electron chi connectivity index (χ3n) is 5.61. The van der Waals surface area contributed by atoms with Crippen molar-refractivity contribution in [2.24, 2.45) is 5.92 Å². The SMILES string of the molecule is O=C(C[C@@H]1CN(C(=O)c2cccc(O)c2)Cc2ccnn21)NCC1CCOCC1. The lowest BCUT2D eigenvalue weighted by molar-refractivity contribution is -0.122. The second-order valence-electron chi connectivity index (χ2n) is 7.72. The summed E-state index contributed by atoms with van der Waals surface area (Å²) in [5.74, 6) is 0.320. The number of amides is 2. The van der Waals surface area contributed by atoms with Crippen molar-refractivity contribution in [2.75, 3.05) is 26.3 Å². The van der Waals surface area contributed by atoms with Crippen LogP contribution in [0.4, 0.5) is 0 Å². The van der Waals surface area contributed by atoms with Crippen LogP contribution in [0.25, 0.3) is 0 Å². The van der Waals surface area contributed by atoms with E-state index in [-0.39, 0.29) is 30.0 Å². The number of aromatic hydroxyl groups is 1. The number of hydrogen-bond donors (Lipinski definition) is 2. The van der Waals surface area contributed by atoms with Crippen molar-refractivity contribution < 1.29 is 19.4 Å². The zero-order valence-corrected chi connectivity index (χ0v) is 16.3. The number of carbonyl (C=O) groups is 2. The number of phenolic OH excluding ortho intramolecular Hbond substituents is 1. The maximum absolute atomic E-state index is 12.9. The highest BCUT2D eigenvalue weighted by Gasteiger charge is 2.30. The summed E-state index contributed by atoms with van der Waals surface area (Å²) in [6.07, 6.45) is 3.91. The molecule has 0 saturated carbocycles. The Bertz CT molecular complexity index is 875. The number of aromatic nitrogens is 2. The number of fused-ring (bicyclic) bond motifs is 1. The van der Waals surface area contributed by atoms with Crippen LogP contribution in [0.5, 0.6) is 5.75 Å². The Morgan fingerprint density at radius 3 is 2.86 bits per heavy atom. The van der Waals surface area contributed by atoms with Crippen LogP contribution < -0.4 is 5.32 Å². The van der Waals surface area contributed by atoms with E-state index in [1.165, 1.54) is 12.1 Å². The highest BCUT2D eigenvalue weighted by atomic mass is 16.5. The Morgan fingerprint density at radius 2 is 2.07 bits per heavy atom. The van der Waals surface area contributed by atoms with E-state index in [0.29, 0.717) is 31.1 Å². The summed E-state index contributed by atoms with van der Waals surface area (Å²) >= 11 is 0. The quantitative estimate of drug-likeness (QED) is 0.799. The standard InChI is InChI=1S/C21H26N4O4/c26-19-3-1-2-16(10-19)21(28)24-13-17-4-7-23-25(17)18(14-24)11-20(27)22-12-15-5-8-29-9-6-15/h1-4,7,10,15,18,26H,5-6,8-9,11-14H2,(H,22,27)/t18-/m1/s1. The first-order valence-electron chi connectivity index (χ1n) is 10.1. The van der Waals surface area contributed by atoms with E-state index in [2.05, 4.69) is 10.4 Å². The van der Waals surface area contributed by atoms with Gasteiger partial charge in [0, 0.05) is 38.1 Å². The maximum Gasteiger partial charge on any atom is 0.254 e. The first kappa shape index (κ1) is 19.4. The van der Waals surface area contributed by atoms with Crippen molar-refractivity contribution in [3.05, 3.63) is 47.8 Å². The Labute approximate surface area is 169 Å². The molecule has 8 nitrogen and oxygen atoms in total. The fourth-order valence-corrected chi connectivity index (χ4v) is 4.01. The van der Waals surface area contributed by atoms with Crippen molar-refractivity contribution in [1.82, 2.24) is 20.0 Å². The van der Waals surface area contributed by atoms with Crippen molar-refractivity contribution >= 4 is 11.8 Å². The molecule has 2 aliphatic heterocycles. The fraction of sp³-hybridized carbons (Fsp3) is 0.476. The molecule has 0 spiro atoms. The van der Waals surface area contributed by atoms with Gasteiger partial charge in [0.1, 0.15) is 5.75 Å². The second kappa shape index (κ2) is 8.65. The first-order valence-corrected chi connectivity index (χ1v) is 10.1. The van der Waals surface area contributed by atoms with Gasteiger partial charge in [-0.1, -0.05) is 6.07 Å². The van der Waals surface area contributed by atoms with Gasteiger partial charge in [-0.3, -0.25) is 14.3 Å². The predicted octanol–water partition coefficient (Wildman–Crippen LogP) is 1.72. The van der Waals surface area contributed by atoms with E-state index in [4.69, 9.17) is 4.74 Å². The van der Waals surface area contributed by atoms with E-state index in [1.807, 2.05) is 10.7 Å². The van der Waals surface area contributed by atoms with Crippen LogP contribution in [0.1, 0.15) is 41.4 Å². The van der Waals surface area contributed by atoms with E-state index in [0.717, 1.165) is 31.7 Å². The molecule has 0 radical (unpaired) electrons. The number of phenols is 1. The zero-order chi connectivity index (χ0) is 20.2. The molecule has 1 fully saturated rings. The number of benzene rings is 1. The molecule has 2 amide bonds. The van der Waals surface area contributed by atoms with Gasteiger partial charge in [-0.2, -0.15) is 5.10 Å². The molecule has 3 heterocycles. The molecule has 0 unspecified atom stereocenters. The molecule has 1 saturated heterocycles. The van der Waals surface area contributed by atoms with Crippen LogP contribution in [-0.4, -0.2) is 57.9 Å². The highest BCUT2D eigenvalue weighted by molar-refractivity contribution is 5.94. The molecule has 4 rings (SSSR count). The molecule has 0 aliphatic carbocycles. The van der Waals surface area contributed by atoms with Gasteiger partial charge in [0.25, 0.3) is 5.91 Å². The number of rotatable bonds is 5. The molecule has 29 heavy (non-hydrogen) atoms. The molecular weight excluding hydrogens is 372 g/mol. The lowest BCUT2D eigenvalue weighted by atomic mass is 10.0. The van der Waals surface area contributed by atoms with Gasteiger partial charge in [-0.05, 0) is 43.0 Å². The minimum absolute atomic E-state index is 0.0328. The molecule has 2 aromatic rings. The van der Waals surface area contributed by atoms with Gasteiger partial charge in [0.15, 0.2) is 0 Å². The van der Waals surface area contributed by atoms with Crippen LogP contribution in [0.15, 0.2) is 36.5 Å². The lowest BCUT2D eigenvalue weighted by Gasteiger charge is -2.34. The number of ether oxygens (including phenoxy) is 1. The molecule has 2 N–H and O–H groups in total. The molecular formula is C21H26N4O4. The van der Waals surface area contributed by atoms with Crippen molar-refractivity contribution in [3.8, 4) is 5.75 Å². The molecule has 1 aromatic carbocycles. The van der Waals surface area contributed by atoms with Gasteiger partial charge >= 0.3 is 0 Å². The number of carbonyl (C=O) groups excluding carboxylic acids is 2. The van der Waals surface area contributed by atoms with Crippen LogP contribution in [0, 0.1) is 5.92 Å². The third kappa shape index (κ3) is 4.59. The molecule has 154 valence electrons. The van der Waals surface area contributed by atoms with Crippen molar-refractivity contribution in [2.45, 2.75) is 31.8 Å². The van der Waals surface area contributed by atoms with Gasteiger partial charge in [-0.25, -0.2) is 0 Å². The summed E-state index contributed by atoms with van der Waals surface area (Å²) < 4.78 is 7.21. The maximum atomic E-state index is 12.9. The predicted molar refractivity (Wildman–Crippen MR) is 105 cm³/mol. The van der Waals surface area contributed by atoms with Gasteiger partial charge < -0.3 is 20.1 Å². The average Bonchev–Trinajstić information content (AvgIpc) is 3.21. The Morgan fingerprint density at radius 1 is 1.24 bits per heavy atom. The smallest absolute Gasteiger partial charge is 0.254 e. The highest BCUT2D eigenvalue weighted by Crippen LogP contribution is 2.25. The van der Waals surface area contributed by atoms with Crippen LogP contribution in [-0.2, 0) is 16.1 Å². The molecule has 1 atom stereocenters. The fourth-order valence-electron chi connectivity index (χ4n) is 4.01. The molecule has 8 heteroatoms. The molecule has 2 aliphatic rings. The minimum atomic E-state index is -0.218. The van der Waals surface area contributed by atoms with E-state index in [9.17, 15) is 14.7 Å². The van der Waals surface area contributed by atoms with Crippen molar-refractivity contribution in [3.63, 3.8) is 0 Å². The second-order valence-corrected chi connectivity index (χ2v) is 7.72. The normalized spacial score (nSPS) is 19.6. The Balaban J connectivity index is 1.41. The number of nitrogens with zero attached hydrogens (tertiary/aromatic N) is 3. The lowest BCUT2D eigenvalue weighted by Crippen LogP contribution is -2.43. The number of hydrogen-bond acceptors (Lipinski definition) is 5. The Hall–Kier alpha value is -2.87. The van der Waals surface area contributed by atoms with E-state index >= 15 is 0 Å². The molecule has 1 aromatic heterocycles. The minimum Gasteiger partial charge on any atom is -0.508 e. The summed E-state index contributed by atoms with van der Waals surface area (Å²) in [5.41, 5.74) is 1.33. The number of nitrogens with one attached hydrogen (secondary N) is 1. The average molecular weight is 398 g/mol. The van der Waals surface area contributed by atoms with Gasteiger partial charge in [0.2, 0.25) is 5.91 Å². The topological polar surface area (TPSA) is 96.7 Å². The summed E-state index contributed by atoms with van der Waals surface area (Å²) in [6.45, 7) is 2.99. The van der Waals surface area contributed by atoms with E-state index < -0.39 is 0 Å². The third-order valence-corrected chi connectivity index (χ3v) is 5.61. The van der Waals surface area contributed by atoms with E-state index in [1.54, 1.807) is 23.2 Å². The van der Waals surface area contributed by atoms with Gasteiger partial charge in [0.05, 0.1) is 24.7 Å². The Kier molecular flexibility index (Phi) is 5.80. The monoisotopic (exact) mass is 398 g/mol. The first-order chi connectivity index (χ1) is 14.1. The van der Waals surface area contributed by atoms with Crippen LogP contribution in [0.2, 0.25) is 0 Å². The summed E-state index contributed by atoms with van der Waals surface area (Å²) in [4.78, 5) is 27.2. The van der Waals surface area contributed by atoms with Gasteiger partial charge in [-0.15, -0.1) is 0 Å².